The van der Waals surface area contributed by atoms with Crippen LogP contribution in [0.3, 0.4) is 0 Å². The number of sulfone groups is 1. The Bertz CT molecular complexity index is 890. The first-order valence-electron chi connectivity index (χ1n) is 6.89. The second-order valence-electron chi connectivity index (χ2n) is 5.02. The molecule has 0 bridgehead atoms. The second-order valence-corrected chi connectivity index (χ2v) is 7.03. The first-order valence-corrected chi connectivity index (χ1v) is 8.79. The molecular weight excluding hydrogens is 356 g/mol. The first kappa shape index (κ1) is 18.5. The standard InChI is InChI=1S/C16H13F2NO5S/c1-25(22,23)11-7-5-10(6-8-11)16(21)24-9-14(20)19-15-12(17)3-2-4-13(15)18/h2-8H,9H2,1H3,(H,19,20). The van der Waals surface area contributed by atoms with Crippen molar-refractivity contribution >= 4 is 27.4 Å². The van der Waals surface area contributed by atoms with Gasteiger partial charge in [0, 0.05) is 6.26 Å². The summed E-state index contributed by atoms with van der Waals surface area (Å²) in [5, 5.41) is 1.97. The number of hydrogen-bond acceptors (Lipinski definition) is 5. The largest absolute Gasteiger partial charge is 0.452 e. The molecule has 0 aliphatic carbocycles. The maximum atomic E-state index is 13.4. The smallest absolute Gasteiger partial charge is 0.338 e. The van der Waals surface area contributed by atoms with E-state index in [1.54, 1.807) is 0 Å². The molecule has 9 heteroatoms. The molecule has 2 aromatic rings. The summed E-state index contributed by atoms with van der Waals surface area (Å²) >= 11 is 0. The molecule has 0 radical (unpaired) electrons. The van der Waals surface area contributed by atoms with Gasteiger partial charge in [-0.25, -0.2) is 22.0 Å². The van der Waals surface area contributed by atoms with E-state index in [0.717, 1.165) is 24.5 Å². The van der Waals surface area contributed by atoms with Crippen molar-refractivity contribution in [3.8, 4) is 0 Å². The minimum atomic E-state index is -3.40. The minimum absolute atomic E-state index is 0.0248. The average molecular weight is 369 g/mol. The number of benzene rings is 2. The molecule has 0 unspecified atom stereocenters. The number of anilines is 1. The summed E-state index contributed by atoms with van der Waals surface area (Å²) in [6.07, 6.45) is 1.02. The van der Waals surface area contributed by atoms with Gasteiger partial charge in [-0.2, -0.15) is 0 Å². The maximum Gasteiger partial charge on any atom is 0.338 e. The zero-order valence-electron chi connectivity index (χ0n) is 13.0. The number of amides is 1. The van der Waals surface area contributed by atoms with Crippen LogP contribution in [0.1, 0.15) is 10.4 Å². The van der Waals surface area contributed by atoms with Crippen LogP contribution in [-0.2, 0) is 19.4 Å². The lowest BCUT2D eigenvalue weighted by Crippen LogP contribution is -2.22. The molecule has 2 rings (SSSR count). The Labute approximate surface area is 142 Å². The highest BCUT2D eigenvalue weighted by atomic mass is 32.2. The summed E-state index contributed by atoms with van der Waals surface area (Å²) in [6, 6.07) is 7.98. The molecule has 0 saturated heterocycles. The van der Waals surface area contributed by atoms with E-state index in [0.29, 0.717) is 0 Å². The van der Waals surface area contributed by atoms with E-state index < -0.39 is 45.6 Å². The predicted molar refractivity (Wildman–Crippen MR) is 84.8 cm³/mol. The van der Waals surface area contributed by atoms with Gasteiger partial charge in [-0.05, 0) is 36.4 Å². The lowest BCUT2D eigenvalue weighted by Gasteiger charge is -2.08. The molecule has 0 aliphatic rings. The van der Waals surface area contributed by atoms with Crippen molar-refractivity contribution in [3.05, 3.63) is 59.7 Å². The fourth-order valence-corrected chi connectivity index (χ4v) is 2.48. The van der Waals surface area contributed by atoms with Gasteiger partial charge in [-0.3, -0.25) is 4.79 Å². The Hall–Kier alpha value is -2.81. The number of ether oxygens (including phenoxy) is 1. The van der Waals surface area contributed by atoms with Crippen LogP contribution in [0.2, 0.25) is 0 Å². The Morgan fingerprint density at radius 1 is 1.04 bits per heavy atom. The molecule has 1 N–H and O–H groups in total. The molecule has 0 fully saturated rings. The Balaban J connectivity index is 1.96. The van der Waals surface area contributed by atoms with Gasteiger partial charge in [0.15, 0.2) is 16.4 Å². The first-order chi connectivity index (χ1) is 11.7. The van der Waals surface area contributed by atoms with Crippen LogP contribution in [0.5, 0.6) is 0 Å². The zero-order chi connectivity index (χ0) is 18.6. The summed E-state index contributed by atoms with van der Waals surface area (Å²) in [6.45, 7) is -0.763. The average Bonchev–Trinajstić information content (AvgIpc) is 2.55. The van der Waals surface area contributed by atoms with Crippen LogP contribution in [0.4, 0.5) is 14.5 Å². The minimum Gasteiger partial charge on any atom is -0.452 e. The number of rotatable bonds is 5. The van der Waals surface area contributed by atoms with Gasteiger partial charge in [0.1, 0.15) is 17.3 Å². The van der Waals surface area contributed by atoms with Crippen LogP contribution >= 0.6 is 0 Å². The van der Waals surface area contributed by atoms with Gasteiger partial charge in [0.25, 0.3) is 5.91 Å². The SMILES string of the molecule is CS(=O)(=O)c1ccc(C(=O)OCC(=O)Nc2c(F)cccc2F)cc1. The van der Waals surface area contributed by atoms with E-state index >= 15 is 0 Å². The third-order valence-corrected chi connectivity index (χ3v) is 4.21. The van der Waals surface area contributed by atoms with Gasteiger partial charge >= 0.3 is 5.97 Å². The second kappa shape index (κ2) is 7.39. The number of carbonyl (C=O) groups excluding carboxylic acids is 2. The molecule has 0 saturated carbocycles. The molecule has 6 nitrogen and oxygen atoms in total. The quantitative estimate of drug-likeness (QED) is 0.816. The lowest BCUT2D eigenvalue weighted by atomic mass is 10.2. The summed E-state index contributed by atoms with van der Waals surface area (Å²) in [5.41, 5.74) is -0.613. The molecule has 0 atom stereocenters. The van der Waals surface area contributed by atoms with Gasteiger partial charge in [-0.15, -0.1) is 0 Å². The molecule has 0 heterocycles. The third kappa shape index (κ3) is 4.83. The topological polar surface area (TPSA) is 89.5 Å². The molecule has 2 aromatic carbocycles. The molecule has 1 amide bonds. The molecule has 0 spiro atoms. The van der Waals surface area contributed by atoms with Crippen molar-refractivity contribution in [2.75, 3.05) is 18.2 Å². The van der Waals surface area contributed by atoms with Crippen LogP contribution in [0.25, 0.3) is 0 Å². The normalized spacial score (nSPS) is 11.0. The molecule has 132 valence electrons. The zero-order valence-corrected chi connectivity index (χ0v) is 13.8. The van der Waals surface area contributed by atoms with E-state index in [4.69, 9.17) is 4.74 Å². The van der Waals surface area contributed by atoms with Crippen molar-refractivity contribution in [2.24, 2.45) is 0 Å². The number of hydrogen-bond donors (Lipinski definition) is 1. The Morgan fingerprint density at radius 3 is 2.12 bits per heavy atom. The van der Waals surface area contributed by atoms with E-state index in [1.807, 2.05) is 5.32 Å². The number of halogens is 2. The molecule has 0 aliphatic heterocycles. The van der Waals surface area contributed by atoms with Crippen LogP contribution in [0.15, 0.2) is 47.4 Å². The summed E-state index contributed by atoms with van der Waals surface area (Å²) in [4.78, 5) is 23.5. The highest BCUT2D eigenvalue weighted by Crippen LogP contribution is 2.17. The molecule has 25 heavy (non-hydrogen) atoms. The number of esters is 1. The summed E-state index contributed by atoms with van der Waals surface area (Å²) < 4.78 is 54.2. The monoisotopic (exact) mass is 369 g/mol. The van der Waals surface area contributed by atoms with E-state index in [1.165, 1.54) is 24.3 Å². The third-order valence-electron chi connectivity index (χ3n) is 3.08. The van der Waals surface area contributed by atoms with Gasteiger partial charge < -0.3 is 10.1 Å². The highest BCUT2D eigenvalue weighted by Gasteiger charge is 2.15. The van der Waals surface area contributed by atoms with Gasteiger partial charge in [0.2, 0.25) is 0 Å². The van der Waals surface area contributed by atoms with E-state index in [9.17, 15) is 26.8 Å². The van der Waals surface area contributed by atoms with Gasteiger partial charge in [-0.1, -0.05) is 6.07 Å². The Kier molecular flexibility index (Phi) is 5.48. The number of para-hydroxylation sites is 1. The summed E-state index contributed by atoms with van der Waals surface area (Å²) in [7, 11) is -3.40. The van der Waals surface area contributed by atoms with Crippen LogP contribution in [-0.4, -0.2) is 33.2 Å². The fraction of sp³-hybridized carbons (Fsp3) is 0.125. The Morgan fingerprint density at radius 2 is 1.60 bits per heavy atom. The highest BCUT2D eigenvalue weighted by molar-refractivity contribution is 7.90. The molecule has 0 aromatic heterocycles. The molecular formula is C16H13F2NO5S. The maximum absolute atomic E-state index is 13.4. The lowest BCUT2D eigenvalue weighted by molar-refractivity contribution is -0.119. The van der Waals surface area contributed by atoms with Crippen molar-refractivity contribution in [3.63, 3.8) is 0 Å². The van der Waals surface area contributed by atoms with Crippen molar-refractivity contribution in [2.45, 2.75) is 4.90 Å². The fourth-order valence-electron chi connectivity index (χ4n) is 1.85. The van der Waals surface area contributed by atoms with Crippen molar-refractivity contribution in [1.82, 2.24) is 0 Å². The van der Waals surface area contributed by atoms with Crippen molar-refractivity contribution in [1.29, 1.82) is 0 Å². The predicted octanol–water partition coefficient (Wildman–Crippen LogP) is 2.16. The van der Waals surface area contributed by atoms with Crippen LogP contribution in [0, 0.1) is 11.6 Å². The van der Waals surface area contributed by atoms with E-state index in [-0.39, 0.29) is 10.5 Å². The summed E-state index contributed by atoms with van der Waals surface area (Å²) in [5.74, 6) is -3.73. The number of carbonyl (C=O) groups is 2. The van der Waals surface area contributed by atoms with E-state index in [2.05, 4.69) is 0 Å². The number of nitrogens with one attached hydrogen (secondary N) is 1. The van der Waals surface area contributed by atoms with Gasteiger partial charge in [0.05, 0.1) is 10.5 Å². The van der Waals surface area contributed by atoms with Crippen LogP contribution < -0.4 is 5.32 Å². The van der Waals surface area contributed by atoms with Crippen molar-refractivity contribution < 1.29 is 31.5 Å².